The van der Waals surface area contributed by atoms with Crippen LogP contribution >= 0.6 is 11.3 Å². The first-order valence-corrected chi connectivity index (χ1v) is 7.19. The normalized spacial score (nSPS) is 12.6. The molecule has 0 aliphatic rings. The minimum atomic E-state index is 0.585. The number of hydrogen-bond donors (Lipinski definition) is 1. The zero-order chi connectivity index (χ0) is 12.5. The monoisotopic (exact) mass is 257 g/mol. The van der Waals surface area contributed by atoms with Gasteiger partial charge in [0.25, 0.3) is 0 Å². The second-order valence-corrected chi connectivity index (χ2v) is 5.24. The molecule has 0 radical (unpaired) electrons. The lowest BCUT2D eigenvalue weighted by atomic mass is 10.0. The molecule has 0 aromatic carbocycles. The molecular weight excluding hydrogens is 234 g/mol. The molecule has 1 N–H and O–H groups in total. The van der Waals surface area contributed by atoms with Crippen LogP contribution in [0, 0.1) is 5.92 Å². The summed E-state index contributed by atoms with van der Waals surface area (Å²) in [6.07, 6.45) is 5.02. The molecule has 1 aromatic heterocycles. The van der Waals surface area contributed by atoms with Gasteiger partial charge in [-0.15, -0.1) is 10.2 Å². The van der Waals surface area contributed by atoms with Gasteiger partial charge in [0.1, 0.15) is 11.6 Å². The maximum absolute atomic E-state index is 5.71. The van der Waals surface area contributed by atoms with Crippen molar-refractivity contribution in [1.82, 2.24) is 10.2 Å². The molecule has 1 heterocycles. The van der Waals surface area contributed by atoms with Crippen molar-refractivity contribution in [1.29, 1.82) is 0 Å². The van der Waals surface area contributed by atoms with Gasteiger partial charge < -0.3 is 10.1 Å². The molecule has 1 aromatic rings. The number of aromatic nitrogens is 2. The maximum atomic E-state index is 5.71. The number of anilines is 1. The average Bonchev–Trinajstić information content (AvgIpc) is 2.81. The summed E-state index contributed by atoms with van der Waals surface area (Å²) in [5.74, 6) is 0.687. The van der Waals surface area contributed by atoms with Crippen LogP contribution in [0.15, 0.2) is 0 Å². The molecule has 0 spiro atoms. The Balaban J connectivity index is 2.21. The van der Waals surface area contributed by atoms with E-state index < -0.39 is 0 Å². The smallest absolute Gasteiger partial charge is 0.205 e. The second kappa shape index (κ2) is 8.42. The van der Waals surface area contributed by atoms with Crippen LogP contribution in [0.1, 0.15) is 44.5 Å². The third-order valence-corrected chi connectivity index (χ3v) is 3.72. The molecule has 0 saturated heterocycles. The van der Waals surface area contributed by atoms with E-state index in [9.17, 15) is 0 Å². The Morgan fingerprint density at radius 1 is 1.35 bits per heavy atom. The van der Waals surface area contributed by atoms with E-state index in [-0.39, 0.29) is 0 Å². The summed E-state index contributed by atoms with van der Waals surface area (Å²) in [5.41, 5.74) is 0. The van der Waals surface area contributed by atoms with E-state index in [0.29, 0.717) is 12.5 Å². The van der Waals surface area contributed by atoms with Crippen molar-refractivity contribution in [3.05, 3.63) is 5.01 Å². The predicted molar refractivity (Wildman–Crippen MR) is 72.4 cm³/mol. The van der Waals surface area contributed by atoms with Gasteiger partial charge in [-0.1, -0.05) is 44.4 Å². The summed E-state index contributed by atoms with van der Waals surface area (Å²) >= 11 is 1.55. The van der Waals surface area contributed by atoms with Crippen molar-refractivity contribution in [2.75, 3.05) is 19.0 Å². The van der Waals surface area contributed by atoms with E-state index in [1.807, 2.05) is 7.05 Å². The van der Waals surface area contributed by atoms with Crippen LogP contribution in [0.25, 0.3) is 0 Å². The Bertz CT molecular complexity index is 304. The van der Waals surface area contributed by atoms with Gasteiger partial charge in [0.05, 0.1) is 0 Å². The Hall–Kier alpha value is -0.680. The van der Waals surface area contributed by atoms with Crippen LogP contribution in [0.4, 0.5) is 5.13 Å². The first-order chi connectivity index (χ1) is 8.30. The predicted octanol–water partition coefficient (Wildman–Crippen LogP) is 3.31. The molecule has 0 fully saturated rings. The number of rotatable bonds is 9. The Morgan fingerprint density at radius 2 is 2.18 bits per heavy atom. The van der Waals surface area contributed by atoms with Gasteiger partial charge in [-0.05, 0) is 12.3 Å². The molecule has 4 nitrogen and oxygen atoms in total. The van der Waals surface area contributed by atoms with Crippen molar-refractivity contribution in [3.63, 3.8) is 0 Å². The fourth-order valence-corrected chi connectivity index (χ4v) is 2.25. The number of ether oxygens (including phenoxy) is 1. The first-order valence-electron chi connectivity index (χ1n) is 6.38. The van der Waals surface area contributed by atoms with E-state index >= 15 is 0 Å². The van der Waals surface area contributed by atoms with Crippen LogP contribution < -0.4 is 5.32 Å². The molecule has 5 heteroatoms. The standard InChI is InChI=1S/C12H23N3OS/c1-4-6-7-10(5-2)8-16-9-11-14-15-12(13-3)17-11/h10H,4-9H2,1-3H3,(H,13,15). The second-order valence-electron chi connectivity index (χ2n) is 4.18. The fraction of sp³-hybridized carbons (Fsp3) is 0.833. The highest BCUT2D eigenvalue weighted by molar-refractivity contribution is 7.15. The van der Waals surface area contributed by atoms with E-state index in [0.717, 1.165) is 16.7 Å². The topological polar surface area (TPSA) is 47.0 Å². The molecule has 1 unspecified atom stereocenters. The Labute approximate surface area is 108 Å². The molecule has 0 saturated carbocycles. The fourth-order valence-electron chi connectivity index (χ4n) is 1.62. The Morgan fingerprint density at radius 3 is 2.76 bits per heavy atom. The van der Waals surface area contributed by atoms with E-state index in [1.165, 1.54) is 25.7 Å². The Kier molecular flexibility index (Phi) is 7.12. The van der Waals surface area contributed by atoms with Crippen LogP contribution in [0.2, 0.25) is 0 Å². The summed E-state index contributed by atoms with van der Waals surface area (Å²) in [5, 5.41) is 12.8. The molecule has 98 valence electrons. The van der Waals surface area contributed by atoms with Crippen LogP contribution in [0.5, 0.6) is 0 Å². The number of nitrogens with one attached hydrogen (secondary N) is 1. The number of unbranched alkanes of at least 4 members (excludes halogenated alkanes) is 1. The van der Waals surface area contributed by atoms with Gasteiger partial charge >= 0.3 is 0 Å². The van der Waals surface area contributed by atoms with Crippen molar-refractivity contribution >= 4 is 16.5 Å². The van der Waals surface area contributed by atoms with Crippen molar-refractivity contribution in [2.45, 2.75) is 46.1 Å². The van der Waals surface area contributed by atoms with Gasteiger partial charge in [-0.2, -0.15) is 0 Å². The van der Waals surface area contributed by atoms with Gasteiger partial charge in [0.15, 0.2) is 0 Å². The summed E-state index contributed by atoms with van der Waals surface area (Å²) in [6.45, 7) is 5.88. The summed E-state index contributed by atoms with van der Waals surface area (Å²) in [7, 11) is 1.85. The molecule has 0 amide bonds. The minimum absolute atomic E-state index is 0.585. The van der Waals surface area contributed by atoms with E-state index in [2.05, 4.69) is 29.4 Å². The number of hydrogen-bond acceptors (Lipinski definition) is 5. The highest BCUT2D eigenvalue weighted by Gasteiger charge is 2.07. The van der Waals surface area contributed by atoms with E-state index in [4.69, 9.17) is 4.74 Å². The lowest BCUT2D eigenvalue weighted by Crippen LogP contribution is -2.08. The van der Waals surface area contributed by atoms with Crippen LogP contribution in [0.3, 0.4) is 0 Å². The first kappa shape index (κ1) is 14.4. The summed E-state index contributed by atoms with van der Waals surface area (Å²) < 4.78 is 5.71. The van der Waals surface area contributed by atoms with Crippen molar-refractivity contribution in [2.24, 2.45) is 5.92 Å². The quantitative estimate of drug-likeness (QED) is 0.737. The third kappa shape index (κ3) is 5.46. The SMILES string of the molecule is CCCCC(CC)COCc1nnc(NC)s1. The number of nitrogens with zero attached hydrogens (tertiary/aromatic N) is 2. The molecule has 1 atom stereocenters. The molecule has 0 aliphatic heterocycles. The zero-order valence-corrected chi connectivity index (χ0v) is 11.8. The maximum Gasteiger partial charge on any atom is 0.205 e. The van der Waals surface area contributed by atoms with Crippen molar-refractivity contribution < 1.29 is 4.74 Å². The van der Waals surface area contributed by atoms with Crippen LogP contribution in [-0.2, 0) is 11.3 Å². The van der Waals surface area contributed by atoms with Gasteiger partial charge in [0.2, 0.25) is 5.13 Å². The molecule has 0 aliphatic carbocycles. The largest absolute Gasteiger partial charge is 0.374 e. The lowest BCUT2D eigenvalue weighted by Gasteiger charge is -2.13. The lowest BCUT2D eigenvalue weighted by molar-refractivity contribution is 0.0815. The highest BCUT2D eigenvalue weighted by atomic mass is 32.1. The molecule has 17 heavy (non-hydrogen) atoms. The minimum Gasteiger partial charge on any atom is -0.374 e. The zero-order valence-electron chi connectivity index (χ0n) is 11.0. The molecular formula is C12H23N3OS. The van der Waals surface area contributed by atoms with Gasteiger partial charge in [0, 0.05) is 13.7 Å². The third-order valence-electron chi connectivity index (χ3n) is 2.80. The van der Waals surface area contributed by atoms with Gasteiger partial charge in [-0.3, -0.25) is 0 Å². The van der Waals surface area contributed by atoms with Crippen LogP contribution in [-0.4, -0.2) is 23.9 Å². The molecule has 0 bridgehead atoms. The molecule has 1 rings (SSSR count). The van der Waals surface area contributed by atoms with Crippen molar-refractivity contribution in [3.8, 4) is 0 Å². The highest BCUT2D eigenvalue weighted by Crippen LogP contribution is 2.17. The van der Waals surface area contributed by atoms with E-state index in [1.54, 1.807) is 11.3 Å². The average molecular weight is 257 g/mol. The van der Waals surface area contributed by atoms with Gasteiger partial charge in [-0.25, -0.2) is 0 Å². The summed E-state index contributed by atoms with van der Waals surface area (Å²) in [6, 6.07) is 0. The summed E-state index contributed by atoms with van der Waals surface area (Å²) in [4.78, 5) is 0.